The third-order valence-corrected chi connectivity index (χ3v) is 5.05. The van der Waals surface area contributed by atoms with Crippen molar-refractivity contribution in [3.63, 3.8) is 0 Å². The van der Waals surface area contributed by atoms with Crippen molar-refractivity contribution in [1.82, 2.24) is 8.96 Å². The first kappa shape index (κ1) is 13.9. The van der Waals surface area contributed by atoms with Gasteiger partial charge in [-0.05, 0) is 36.8 Å². The molecule has 0 aliphatic heterocycles. The van der Waals surface area contributed by atoms with Crippen LogP contribution in [0.15, 0.2) is 47.6 Å². The lowest BCUT2D eigenvalue weighted by atomic mass is 10.2. The quantitative estimate of drug-likeness (QED) is 0.736. The molecule has 108 valence electrons. The summed E-state index contributed by atoms with van der Waals surface area (Å²) in [6.45, 7) is 1.81. The first-order chi connectivity index (χ1) is 9.89. The normalized spacial score (nSPS) is 11.9. The van der Waals surface area contributed by atoms with Crippen LogP contribution in [0.1, 0.15) is 5.56 Å². The molecule has 0 bridgehead atoms. The number of nitrogens with two attached hydrogens (primary N) is 1. The lowest BCUT2D eigenvalue weighted by molar-refractivity contribution is 0.588. The van der Waals surface area contributed by atoms with Crippen molar-refractivity contribution < 1.29 is 8.42 Å². The number of pyridine rings is 1. The van der Waals surface area contributed by atoms with Gasteiger partial charge in [0.25, 0.3) is 10.0 Å². The number of hydrogen-bond acceptors (Lipinski definition) is 4. The summed E-state index contributed by atoms with van der Waals surface area (Å²) in [4.78, 5) is 4.26. The maximum Gasteiger partial charge on any atom is 0.269 e. The Morgan fingerprint density at radius 2 is 2.05 bits per heavy atom. The van der Waals surface area contributed by atoms with Crippen LogP contribution in [0.5, 0.6) is 0 Å². The molecule has 0 radical (unpaired) electrons. The summed E-state index contributed by atoms with van der Waals surface area (Å²) in [6, 6.07) is 7.86. The van der Waals surface area contributed by atoms with Crippen LogP contribution in [0.3, 0.4) is 0 Å². The molecular weight excluding hydrogens is 310 g/mol. The van der Waals surface area contributed by atoms with E-state index in [4.69, 9.17) is 17.3 Å². The average Bonchev–Trinajstić information content (AvgIpc) is 2.76. The highest BCUT2D eigenvalue weighted by Crippen LogP contribution is 2.26. The summed E-state index contributed by atoms with van der Waals surface area (Å²) in [7, 11) is -3.75. The highest BCUT2D eigenvalue weighted by Gasteiger charge is 2.21. The van der Waals surface area contributed by atoms with E-state index in [1.165, 1.54) is 24.5 Å². The van der Waals surface area contributed by atoms with E-state index in [1.807, 2.05) is 6.92 Å². The number of anilines is 1. The van der Waals surface area contributed by atoms with E-state index in [-0.39, 0.29) is 4.90 Å². The van der Waals surface area contributed by atoms with Gasteiger partial charge < -0.3 is 5.73 Å². The smallest absolute Gasteiger partial charge is 0.269 e. The molecule has 2 heterocycles. The van der Waals surface area contributed by atoms with Crippen molar-refractivity contribution >= 4 is 38.3 Å². The molecular formula is C14H12ClN3O2S. The maximum atomic E-state index is 12.7. The van der Waals surface area contributed by atoms with Gasteiger partial charge in [0.1, 0.15) is 0 Å². The Balaban J connectivity index is 2.29. The van der Waals surface area contributed by atoms with Crippen LogP contribution in [-0.2, 0) is 10.0 Å². The molecule has 0 aliphatic rings. The minimum atomic E-state index is -3.75. The first-order valence-corrected chi connectivity index (χ1v) is 7.96. The molecule has 0 unspecified atom stereocenters. The molecule has 0 aliphatic carbocycles. The summed E-state index contributed by atoms with van der Waals surface area (Å²) >= 11 is 5.91. The number of aryl methyl sites for hydroxylation is 1. The van der Waals surface area contributed by atoms with Crippen LogP contribution >= 0.6 is 11.6 Å². The monoisotopic (exact) mass is 321 g/mol. The minimum absolute atomic E-state index is 0.121. The SMILES string of the molecule is Cc1cn(S(=O)(=O)c2cccc(N)c2)c2ncc(Cl)cc12. The number of rotatable bonds is 2. The van der Waals surface area contributed by atoms with E-state index >= 15 is 0 Å². The molecule has 0 fully saturated rings. The van der Waals surface area contributed by atoms with Crippen LogP contribution in [-0.4, -0.2) is 17.4 Å². The van der Waals surface area contributed by atoms with Crippen molar-refractivity contribution in [2.24, 2.45) is 0 Å². The van der Waals surface area contributed by atoms with Gasteiger partial charge in [0, 0.05) is 23.5 Å². The Bertz CT molecular complexity index is 948. The molecule has 21 heavy (non-hydrogen) atoms. The number of hydrogen-bond donors (Lipinski definition) is 1. The predicted octanol–water partition coefficient (Wildman–Crippen LogP) is 2.82. The van der Waals surface area contributed by atoms with E-state index in [0.717, 1.165) is 9.54 Å². The highest BCUT2D eigenvalue weighted by atomic mass is 35.5. The third-order valence-electron chi connectivity index (χ3n) is 3.19. The molecule has 2 aromatic heterocycles. The number of fused-ring (bicyclic) bond motifs is 1. The van der Waals surface area contributed by atoms with Gasteiger partial charge in [0.2, 0.25) is 0 Å². The standard InChI is InChI=1S/C14H12ClN3O2S/c1-9-8-18(14-13(9)5-10(15)7-17-14)21(19,20)12-4-2-3-11(16)6-12/h2-8H,16H2,1H3. The minimum Gasteiger partial charge on any atom is -0.399 e. The van der Waals surface area contributed by atoms with Crippen molar-refractivity contribution in [2.45, 2.75) is 11.8 Å². The van der Waals surface area contributed by atoms with Gasteiger partial charge in [-0.2, -0.15) is 0 Å². The zero-order chi connectivity index (χ0) is 15.2. The summed E-state index contributed by atoms with van der Waals surface area (Å²) in [5.74, 6) is 0. The van der Waals surface area contributed by atoms with Gasteiger partial charge in [0.15, 0.2) is 5.65 Å². The van der Waals surface area contributed by atoms with Crippen LogP contribution in [0.25, 0.3) is 11.0 Å². The van der Waals surface area contributed by atoms with Gasteiger partial charge in [0.05, 0.1) is 9.92 Å². The number of halogens is 1. The Labute approximate surface area is 127 Å². The Morgan fingerprint density at radius 1 is 1.29 bits per heavy atom. The van der Waals surface area contributed by atoms with Crippen LogP contribution in [0.2, 0.25) is 5.02 Å². The van der Waals surface area contributed by atoms with Crippen molar-refractivity contribution in [3.05, 3.63) is 53.3 Å². The van der Waals surface area contributed by atoms with E-state index in [2.05, 4.69) is 4.98 Å². The Hall–Kier alpha value is -2.05. The molecule has 0 atom stereocenters. The maximum absolute atomic E-state index is 12.7. The van der Waals surface area contributed by atoms with Crippen LogP contribution < -0.4 is 5.73 Å². The predicted molar refractivity (Wildman–Crippen MR) is 82.9 cm³/mol. The average molecular weight is 322 g/mol. The second-order valence-corrected chi connectivity index (χ2v) is 6.96. The zero-order valence-electron chi connectivity index (χ0n) is 11.1. The van der Waals surface area contributed by atoms with E-state index in [1.54, 1.807) is 18.2 Å². The highest BCUT2D eigenvalue weighted by molar-refractivity contribution is 7.90. The zero-order valence-corrected chi connectivity index (χ0v) is 12.7. The molecule has 3 rings (SSSR count). The van der Waals surface area contributed by atoms with Gasteiger partial charge in [-0.1, -0.05) is 17.7 Å². The second kappa shape index (κ2) is 4.75. The number of aromatic nitrogens is 2. The third kappa shape index (κ3) is 2.26. The van der Waals surface area contributed by atoms with Gasteiger partial charge in [-0.25, -0.2) is 17.4 Å². The molecule has 3 aromatic rings. The van der Waals surface area contributed by atoms with E-state index in [9.17, 15) is 8.42 Å². The molecule has 0 saturated carbocycles. The molecule has 0 spiro atoms. The van der Waals surface area contributed by atoms with Gasteiger partial charge in [-0.3, -0.25) is 0 Å². The fourth-order valence-electron chi connectivity index (χ4n) is 2.18. The largest absolute Gasteiger partial charge is 0.399 e. The van der Waals surface area contributed by atoms with Crippen LogP contribution in [0, 0.1) is 6.92 Å². The summed E-state index contributed by atoms with van der Waals surface area (Å²) in [5.41, 5.74) is 7.18. The van der Waals surface area contributed by atoms with Crippen LogP contribution in [0.4, 0.5) is 5.69 Å². The summed E-state index contributed by atoms with van der Waals surface area (Å²) in [6.07, 6.45) is 2.96. The Kier molecular flexibility index (Phi) is 3.15. The number of benzene rings is 1. The lowest BCUT2D eigenvalue weighted by Gasteiger charge is -2.07. The fourth-order valence-corrected chi connectivity index (χ4v) is 3.77. The molecule has 0 saturated heterocycles. The summed E-state index contributed by atoms with van der Waals surface area (Å²) in [5, 5.41) is 1.17. The summed E-state index contributed by atoms with van der Waals surface area (Å²) < 4.78 is 26.6. The van der Waals surface area contributed by atoms with E-state index < -0.39 is 10.0 Å². The molecule has 1 aromatic carbocycles. The van der Waals surface area contributed by atoms with Gasteiger partial charge >= 0.3 is 0 Å². The Morgan fingerprint density at radius 3 is 2.76 bits per heavy atom. The molecule has 7 heteroatoms. The second-order valence-electron chi connectivity index (χ2n) is 4.71. The molecule has 0 amide bonds. The first-order valence-electron chi connectivity index (χ1n) is 6.14. The van der Waals surface area contributed by atoms with Crippen molar-refractivity contribution in [2.75, 3.05) is 5.73 Å². The fraction of sp³-hybridized carbons (Fsp3) is 0.0714. The number of nitrogens with zero attached hydrogens (tertiary/aromatic N) is 2. The van der Waals surface area contributed by atoms with Crippen molar-refractivity contribution in [1.29, 1.82) is 0 Å². The topological polar surface area (TPSA) is 78.0 Å². The molecule has 2 N–H and O–H groups in total. The van der Waals surface area contributed by atoms with Crippen molar-refractivity contribution in [3.8, 4) is 0 Å². The van der Waals surface area contributed by atoms with E-state index in [0.29, 0.717) is 21.7 Å². The lowest BCUT2D eigenvalue weighted by Crippen LogP contribution is -2.12. The molecule has 5 nitrogen and oxygen atoms in total. The van der Waals surface area contributed by atoms with Gasteiger partial charge in [-0.15, -0.1) is 0 Å². The number of nitrogen functional groups attached to an aromatic ring is 1.